The standard InChI is InChI=1S/C20H21FN4OS/c21-15-5-3-14(4-6-15)12-24-20(26)18-8-7-17(27-18)16-2-1-11-25(16)13-19-22-9-10-23-19/h3-10,16H,1-2,11-13H2,(H,22,23)(H,24,26)/t16-/m1/s1. The molecule has 1 saturated heterocycles. The second kappa shape index (κ2) is 8.02. The first kappa shape index (κ1) is 17.9. The number of carbonyl (C=O) groups is 1. The zero-order valence-electron chi connectivity index (χ0n) is 14.8. The summed E-state index contributed by atoms with van der Waals surface area (Å²) in [6, 6.07) is 10.4. The molecule has 5 nitrogen and oxygen atoms in total. The number of carbonyl (C=O) groups excluding carboxylic acids is 1. The fraction of sp³-hybridized carbons (Fsp3) is 0.300. The van der Waals surface area contributed by atoms with Crippen LogP contribution < -0.4 is 5.32 Å². The van der Waals surface area contributed by atoms with Crippen LogP contribution in [0.1, 0.15) is 44.8 Å². The lowest BCUT2D eigenvalue weighted by Gasteiger charge is -2.22. The van der Waals surface area contributed by atoms with Gasteiger partial charge in [-0.3, -0.25) is 9.69 Å². The van der Waals surface area contributed by atoms with Gasteiger partial charge < -0.3 is 10.3 Å². The van der Waals surface area contributed by atoms with Gasteiger partial charge in [-0.25, -0.2) is 9.37 Å². The van der Waals surface area contributed by atoms with Gasteiger partial charge in [-0.1, -0.05) is 12.1 Å². The molecule has 2 aromatic heterocycles. The minimum absolute atomic E-state index is 0.0915. The third kappa shape index (κ3) is 4.26. The zero-order valence-corrected chi connectivity index (χ0v) is 15.6. The number of likely N-dealkylation sites (tertiary alicyclic amines) is 1. The van der Waals surface area contributed by atoms with Crippen LogP contribution in [-0.4, -0.2) is 27.3 Å². The number of nitrogens with zero attached hydrogens (tertiary/aromatic N) is 2. The number of hydrogen-bond acceptors (Lipinski definition) is 4. The van der Waals surface area contributed by atoms with Crippen LogP contribution in [0.25, 0.3) is 0 Å². The van der Waals surface area contributed by atoms with E-state index < -0.39 is 0 Å². The highest BCUT2D eigenvalue weighted by Crippen LogP contribution is 2.36. The molecule has 0 unspecified atom stereocenters. The minimum Gasteiger partial charge on any atom is -0.348 e. The van der Waals surface area contributed by atoms with Gasteiger partial charge in [0.25, 0.3) is 5.91 Å². The van der Waals surface area contributed by atoms with Crippen LogP contribution in [0.5, 0.6) is 0 Å². The predicted molar refractivity (Wildman–Crippen MR) is 103 cm³/mol. The Morgan fingerprint density at radius 1 is 1.30 bits per heavy atom. The molecule has 27 heavy (non-hydrogen) atoms. The lowest BCUT2D eigenvalue weighted by Crippen LogP contribution is -2.23. The molecule has 4 rings (SSSR count). The van der Waals surface area contributed by atoms with Crippen molar-refractivity contribution in [1.82, 2.24) is 20.2 Å². The van der Waals surface area contributed by atoms with Crippen LogP contribution >= 0.6 is 11.3 Å². The Balaban J connectivity index is 1.38. The van der Waals surface area contributed by atoms with E-state index in [1.165, 1.54) is 17.0 Å². The van der Waals surface area contributed by atoms with Crippen molar-refractivity contribution in [3.63, 3.8) is 0 Å². The molecule has 0 aliphatic carbocycles. The summed E-state index contributed by atoms with van der Waals surface area (Å²) < 4.78 is 13.0. The molecule has 2 N–H and O–H groups in total. The predicted octanol–water partition coefficient (Wildman–Crippen LogP) is 3.88. The number of benzene rings is 1. The lowest BCUT2D eigenvalue weighted by atomic mass is 10.2. The van der Waals surface area contributed by atoms with Gasteiger partial charge in [0.2, 0.25) is 0 Å². The fourth-order valence-electron chi connectivity index (χ4n) is 3.44. The smallest absolute Gasteiger partial charge is 0.261 e. The maximum absolute atomic E-state index is 13.0. The molecule has 3 heterocycles. The average Bonchev–Trinajstić information content (AvgIpc) is 3.43. The lowest BCUT2D eigenvalue weighted by molar-refractivity contribution is 0.0955. The summed E-state index contributed by atoms with van der Waals surface area (Å²) in [5.74, 6) is 0.602. The van der Waals surface area contributed by atoms with E-state index in [-0.39, 0.29) is 11.7 Å². The normalized spacial score (nSPS) is 17.3. The number of aromatic nitrogens is 2. The topological polar surface area (TPSA) is 61.0 Å². The Morgan fingerprint density at radius 3 is 2.93 bits per heavy atom. The molecule has 1 fully saturated rings. The summed E-state index contributed by atoms with van der Waals surface area (Å²) in [6.45, 7) is 2.22. The quantitative estimate of drug-likeness (QED) is 0.678. The minimum atomic E-state index is -0.274. The molecule has 0 bridgehead atoms. The Labute approximate surface area is 161 Å². The van der Waals surface area contributed by atoms with Gasteiger partial charge in [0.05, 0.1) is 11.4 Å². The van der Waals surface area contributed by atoms with E-state index in [2.05, 4.69) is 26.3 Å². The number of amides is 1. The van der Waals surface area contributed by atoms with Crippen molar-refractivity contribution in [3.05, 3.63) is 75.8 Å². The van der Waals surface area contributed by atoms with E-state index in [4.69, 9.17) is 0 Å². The number of imidazole rings is 1. The van der Waals surface area contributed by atoms with Gasteiger partial charge in [0.1, 0.15) is 11.6 Å². The van der Waals surface area contributed by atoms with E-state index >= 15 is 0 Å². The summed E-state index contributed by atoms with van der Waals surface area (Å²) in [6.07, 6.45) is 5.86. The Morgan fingerprint density at radius 2 is 2.15 bits per heavy atom. The first-order valence-electron chi connectivity index (χ1n) is 9.04. The monoisotopic (exact) mass is 384 g/mol. The maximum atomic E-state index is 13.0. The summed E-state index contributed by atoms with van der Waals surface area (Å²) >= 11 is 1.55. The highest BCUT2D eigenvalue weighted by Gasteiger charge is 2.28. The Bertz CT molecular complexity index is 891. The molecular weight excluding hydrogens is 363 g/mol. The zero-order chi connectivity index (χ0) is 18.6. The van der Waals surface area contributed by atoms with E-state index in [0.717, 1.165) is 37.3 Å². The third-order valence-electron chi connectivity index (χ3n) is 4.82. The van der Waals surface area contributed by atoms with Gasteiger partial charge >= 0.3 is 0 Å². The van der Waals surface area contributed by atoms with Gasteiger partial charge in [-0.05, 0) is 49.2 Å². The molecule has 7 heteroatoms. The van der Waals surface area contributed by atoms with Crippen LogP contribution in [0.15, 0.2) is 48.8 Å². The number of halogens is 1. The van der Waals surface area contributed by atoms with E-state index in [9.17, 15) is 9.18 Å². The van der Waals surface area contributed by atoms with E-state index in [1.807, 2.05) is 12.3 Å². The van der Waals surface area contributed by atoms with Crippen molar-refractivity contribution in [2.24, 2.45) is 0 Å². The SMILES string of the molecule is O=C(NCc1ccc(F)cc1)c1ccc([C@H]2CCCN2Cc2ncc[nH]2)s1. The van der Waals surface area contributed by atoms with Crippen LogP contribution in [-0.2, 0) is 13.1 Å². The summed E-state index contributed by atoms with van der Waals surface area (Å²) in [4.78, 5) is 24.3. The molecule has 140 valence electrons. The van der Waals surface area contributed by atoms with Gasteiger partial charge in [0.15, 0.2) is 0 Å². The highest BCUT2D eigenvalue weighted by atomic mass is 32.1. The number of thiophene rings is 1. The van der Waals surface area contributed by atoms with Crippen molar-refractivity contribution in [1.29, 1.82) is 0 Å². The number of H-pyrrole nitrogens is 1. The molecular formula is C20H21FN4OS. The summed E-state index contributed by atoms with van der Waals surface area (Å²) in [7, 11) is 0. The van der Waals surface area contributed by atoms with Crippen LogP contribution in [0, 0.1) is 5.82 Å². The number of nitrogens with one attached hydrogen (secondary N) is 2. The highest BCUT2D eigenvalue weighted by molar-refractivity contribution is 7.14. The molecule has 0 saturated carbocycles. The maximum Gasteiger partial charge on any atom is 0.261 e. The van der Waals surface area contributed by atoms with E-state index in [0.29, 0.717) is 17.5 Å². The number of rotatable bonds is 6. The number of aromatic amines is 1. The van der Waals surface area contributed by atoms with Crippen molar-refractivity contribution in [2.45, 2.75) is 32.0 Å². The fourth-order valence-corrected chi connectivity index (χ4v) is 4.53. The van der Waals surface area contributed by atoms with Crippen LogP contribution in [0.3, 0.4) is 0 Å². The molecule has 1 aliphatic rings. The number of hydrogen-bond donors (Lipinski definition) is 2. The summed E-state index contributed by atoms with van der Waals surface area (Å²) in [5.41, 5.74) is 0.877. The Kier molecular flexibility index (Phi) is 5.31. The molecule has 0 radical (unpaired) electrons. The van der Waals surface area contributed by atoms with Crippen molar-refractivity contribution < 1.29 is 9.18 Å². The summed E-state index contributed by atoms with van der Waals surface area (Å²) in [5, 5.41) is 2.91. The van der Waals surface area contributed by atoms with Gasteiger partial charge in [-0.15, -0.1) is 11.3 Å². The molecule has 0 spiro atoms. The molecule has 1 aromatic carbocycles. The van der Waals surface area contributed by atoms with Gasteiger partial charge in [-0.2, -0.15) is 0 Å². The second-order valence-electron chi connectivity index (χ2n) is 6.68. The first-order valence-corrected chi connectivity index (χ1v) is 9.85. The van der Waals surface area contributed by atoms with Crippen LogP contribution in [0.4, 0.5) is 4.39 Å². The van der Waals surface area contributed by atoms with Crippen molar-refractivity contribution >= 4 is 17.2 Å². The van der Waals surface area contributed by atoms with Crippen molar-refractivity contribution in [3.8, 4) is 0 Å². The van der Waals surface area contributed by atoms with Gasteiger partial charge in [0, 0.05) is 29.9 Å². The molecule has 1 atom stereocenters. The third-order valence-corrected chi connectivity index (χ3v) is 6.00. The average molecular weight is 384 g/mol. The Hall–Kier alpha value is -2.51. The molecule has 1 aliphatic heterocycles. The van der Waals surface area contributed by atoms with E-state index in [1.54, 1.807) is 29.7 Å². The first-order chi connectivity index (χ1) is 13.2. The van der Waals surface area contributed by atoms with Crippen LogP contribution in [0.2, 0.25) is 0 Å². The molecule has 1 amide bonds. The largest absolute Gasteiger partial charge is 0.348 e. The second-order valence-corrected chi connectivity index (χ2v) is 7.79. The molecule has 3 aromatic rings. The van der Waals surface area contributed by atoms with Crippen molar-refractivity contribution in [2.75, 3.05) is 6.54 Å².